The summed E-state index contributed by atoms with van der Waals surface area (Å²) in [5.41, 5.74) is 1.49. The minimum absolute atomic E-state index is 0.0343. The third-order valence-electron chi connectivity index (χ3n) is 2.85. The topological polar surface area (TPSA) is 83.7 Å². The van der Waals surface area contributed by atoms with E-state index >= 15 is 0 Å². The molecule has 0 radical (unpaired) electrons. The van der Waals surface area contributed by atoms with E-state index in [1.165, 1.54) is 36.5 Å². The molecular weight excluding hydrogens is 332 g/mol. The van der Waals surface area contributed by atoms with E-state index in [1.54, 1.807) is 18.2 Å². The molecule has 0 unspecified atom stereocenters. The van der Waals surface area contributed by atoms with Crippen LogP contribution in [-0.2, 0) is 9.63 Å². The van der Waals surface area contributed by atoms with Crippen LogP contribution in [0.25, 0.3) is 0 Å². The lowest BCUT2D eigenvalue weighted by Gasteiger charge is -2.04. The molecule has 0 aliphatic heterocycles. The maximum Gasteiger partial charge on any atom is 0.387 e. The fourth-order valence-corrected chi connectivity index (χ4v) is 1.79. The monoisotopic (exact) mass is 345 g/mol. The highest BCUT2D eigenvalue weighted by Crippen LogP contribution is 2.14. The van der Waals surface area contributed by atoms with Crippen molar-refractivity contribution < 1.29 is 23.1 Å². The van der Waals surface area contributed by atoms with E-state index in [0.717, 1.165) is 0 Å². The van der Waals surface area contributed by atoms with Crippen molar-refractivity contribution in [2.45, 2.75) is 6.61 Å². The standard InChI is InChI=1S/C17H13F2N3O3/c18-17(19)25-15-6-4-12(5-7-15)10-21-24-11-16(23)22-14-3-1-2-13(8-14)9-20/h1-8,10,17H,11H2,(H,22,23). The molecule has 6 nitrogen and oxygen atoms in total. The summed E-state index contributed by atoms with van der Waals surface area (Å²) in [5, 5.41) is 15.0. The Morgan fingerprint density at radius 1 is 1.28 bits per heavy atom. The van der Waals surface area contributed by atoms with Gasteiger partial charge in [0.1, 0.15) is 5.75 Å². The number of nitrogens with zero attached hydrogens (tertiary/aromatic N) is 2. The maximum atomic E-state index is 12.0. The summed E-state index contributed by atoms with van der Waals surface area (Å²) in [6.45, 7) is -3.20. The van der Waals surface area contributed by atoms with Gasteiger partial charge in [0.25, 0.3) is 5.91 Å². The molecule has 0 fully saturated rings. The fraction of sp³-hybridized carbons (Fsp3) is 0.118. The zero-order valence-electron chi connectivity index (χ0n) is 12.9. The Morgan fingerprint density at radius 3 is 2.72 bits per heavy atom. The van der Waals surface area contributed by atoms with Gasteiger partial charge in [-0.25, -0.2) is 0 Å². The summed E-state index contributed by atoms with van der Waals surface area (Å²) in [5.74, 6) is -0.403. The molecule has 25 heavy (non-hydrogen) atoms. The molecule has 0 spiro atoms. The number of ether oxygens (including phenoxy) is 1. The molecule has 0 bridgehead atoms. The van der Waals surface area contributed by atoms with Crippen LogP contribution < -0.4 is 10.1 Å². The van der Waals surface area contributed by atoms with Crippen molar-refractivity contribution >= 4 is 17.8 Å². The molecule has 0 saturated carbocycles. The summed E-state index contributed by atoms with van der Waals surface area (Å²) >= 11 is 0. The third kappa shape index (κ3) is 6.27. The number of carbonyl (C=O) groups excluding carboxylic acids is 1. The number of hydrogen-bond donors (Lipinski definition) is 1. The van der Waals surface area contributed by atoms with Crippen molar-refractivity contribution in [1.29, 1.82) is 5.26 Å². The van der Waals surface area contributed by atoms with Crippen LogP contribution in [0.5, 0.6) is 5.75 Å². The number of alkyl halides is 2. The molecule has 0 aromatic heterocycles. The summed E-state index contributed by atoms with van der Waals surface area (Å²) in [6.07, 6.45) is 1.33. The Bertz CT molecular complexity index is 786. The fourth-order valence-electron chi connectivity index (χ4n) is 1.79. The average Bonchev–Trinajstić information content (AvgIpc) is 2.60. The van der Waals surface area contributed by atoms with Crippen LogP contribution in [0.2, 0.25) is 0 Å². The van der Waals surface area contributed by atoms with Crippen LogP contribution >= 0.6 is 0 Å². The number of carbonyl (C=O) groups is 1. The van der Waals surface area contributed by atoms with E-state index in [2.05, 4.69) is 15.2 Å². The molecular formula is C17H13F2N3O3. The molecule has 0 aliphatic carbocycles. The van der Waals surface area contributed by atoms with E-state index < -0.39 is 12.5 Å². The van der Waals surface area contributed by atoms with E-state index in [1.807, 2.05) is 6.07 Å². The van der Waals surface area contributed by atoms with Crippen LogP contribution in [-0.4, -0.2) is 25.3 Å². The maximum absolute atomic E-state index is 12.0. The summed E-state index contributed by atoms with van der Waals surface area (Å²) in [4.78, 5) is 16.6. The molecule has 128 valence electrons. The van der Waals surface area contributed by atoms with Crippen LogP contribution in [0.4, 0.5) is 14.5 Å². The number of halogens is 2. The largest absolute Gasteiger partial charge is 0.435 e. The highest BCUT2D eigenvalue weighted by atomic mass is 19.3. The first-order chi connectivity index (χ1) is 12.1. The number of hydrogen-bond acceptors (Lipinski definition) is 5. The minimum atomic E-state index is -2.88. The lowest BCUT2D eigenvalue weighted by Crippen LogP contribution is -2.17. The Kier molecular flexibility index (Phi) is 6.42. The number of rotatable bonds is 7. The second-order valence-electron chi connectivity index (χ2n) is 4.70. The predicted octanol–water partition coefficient (Wildman–Crippen LogP) is 3.15. The van der Waals surface area contributed by atoms with Crippen molar-refractivity contribution in [3.05, 3.63) is 59.7 Å². The Morgan fingerprint density at radius 2 is 2.04 bits per heavy atom. The molecule has 2 aromatic carbocycles. The molecule has 1 amide bonds. The molecule has 0 aliphatic rings. The van der Waals surface area contributed by atoms with E-state index in [0.29, 0.717) is 16.8 Å². The van der Waals surface area contributed by atoms with Gasteiger partial charge in [0, 0.05) is 5.69 Å². The normalized spacial score (nSPS) is 10.5. The highest BCUT2D eigenvalue weighted by Gasteiger charge is 2.04. The van der Waals surface area contributed by atoms with E-state index in [4.69, 9.17) is 10.1 Å². The number of benzene rings is 2. The van der Waals surface area contributed by atoms with Gasteiger partial charge in [-0.15, -0.1) is 0 Å². The van der Waals surface area contributed by atoms with Gasteiger partial charge in [-0.05, 0) is 48.0 Å². The number of nitriles is 1. The summed E-state index contributed by atoms with van der Waals surface area (Å²) < 4.78 is 28.3. The van der Waals surface area contributed by atoms with Gasteiger partial charge in [0.05, 0.1) is 17.8 Å². The minimum Gasteiger partial charge on any atom is -0.435 e. The van der Waals surface area contributed by atoms with Gasteiger partial charge in [-0.1, -0.05) is 11.2 Å². The molecule has 0 atom stereocenters. The van der Waals surface area contributed by atoms with Crippen molar-refractivity contribution in [3.8, 4) is 11.8 Å². The SMILES string of the molecule is N#Cc1cccc(NC(=O)CON=Cc2ccc(OC(F)F)cc2)c1. The Hall–Kier alpha value is -3.47. The Labute approximate surface area is 142 Å². The smallest absolute Gasteiger partial charge is 0.387 e. The van der Waals surface area contributed by atoms with Crippen molar-refractivity contribution in [2.75, 3.05) is 11.9 Å². The number of amides is 1. The van der Waals surface area contributed by atoms with Crippen LogP contribution in [0.15, 0.2) is 53.7 Å². The van der Waals surface area contributed by atoms with Gasteiger partial charge in [0.15, 0.2) is 6.61 Å². The second-order valence-corrected chi connectivity index (χ2v) is 4.70. The van der Waals surface area contributed by atoms with Gasteiger partial charge in [-0.3, -0.25) is 4.79 Å². The van der Waals surface area contributed by atoms with Crippen LogP contribution in [0, 0.1) is 11.3 Å². The first-order valence-electron chi connectivity index (χ1n) is 7.07. The molecule has 1 N–H and O–H groups in total. The first-order valence-corrected chi connectivity index (χ1v) is 7.07. The van der Waals surface area contributed by atoms with Crippen LogP contribution in [0.3, 0.4) is 0 Å². The molecule has 0 saturated heterocycles. The van der Waals surface area contributed by atoms with Gasteiger partial charge in [-0.2, -0.15) is 14.0 Å². The highest BCUT2D eigenvalue weighted by molar-refractivity contribution is 5.91. The zero-order chi connectivity index (χ0) is 18.1. The lowest BCUT2D eigenvalue weighted by atomic mass is 10.2. The van der Waals surface area contributed by atoms with Crippen molar-refractivity contribution in [2.24, 2.45) is 5.16 Å². The number of nitrogens with one attached hydrogen (secondary N) is 1. The van der Waals surface area contributed by atoms with Gasteiger partial charge < -0.3 is 14.9 Å². The van der Waals surface area contributed by atoms with E-state index in [9.17, 15) is 13.6 Å². The summed E-state index contributed by atoms with van der Waals surface area (Å²) in [7, 11) is 0. The van der Waals surface area contributed by atoms with Crippen molar-refractivity contribution in [3.63, 3.8) is 0 Å². The second kappa shape index (κ2) is 8.98. The van der Waals surface area contributed by atoms with Gasteiger partial charge in [0.2, 0.25) is 0 Å². The lowest BCUT2D eigenvalue weighted by molar-refractivity contribution is -0.120. The summed E-state index contributed by atoms with van der Waals surface area (Å²) in [6, 6.07) is 14.2. The molecule has 0 heterocycles. The Balaban J connectivity index is 1.78. The molecule has 2 rings (SSSR count). The number of oxime groups is 1. The van der Waals surface area contributed by atoms with Crippen molar-refractivity contribution in [1.82, 2.24) is 0 Å². The number of anilines is 1. The first kappa shape index (κ1) is 17.9. The predicted molar refractivity (Wildman–Crippen MR) is 86.4 cm³/mol. The zero-order valence-corrected chi connectivity index (χ0v) is 12.9. The third-order valence-corrected chi connectivity index (χ3v) is 2.85. The van der Waals surface area contributed by atoms with Crippen LogP contribution in [0.1, 0.15) is 11.1 Å². The quantitative estimate of drug-likeness (QED) is 0.617. The molecule has 8 heteroatoms. The van der Waals surface area contributed by atoms with E-state index in [-0.39, 0.29) is 12.4 Å². The molecule has 2 aromatic rings. The van der Waals surface area contributed by atoms with Gasteiger partial charge >= 0.3 is 6.61 Å². The average molecular weight is 345 g/mol.